The highest BCUT2D eigenvalue weighted by Crippen LogP contribution is 2.29. The average molecular weight is 406 g/mol. The first-order valence-electron chi connectivity index (χ1n) is 8.96. The summed E-state index contributed by atoms with van der Waals surface area (Å²) in [6.45, 7) is 5.26. The Morgan fingerprint density at radius 1 is 1.19 bits per heavy atom. The molecular formula is C18H25F3N2O3S. The molecule has 0 aromatic heterocycles. The van der Waals surface area contributed by atoms with Crippen molar-refractivity contribution in [3.8, 4) is 0 Å². The third-order valence-electron chi connectivity index (χ3n) is 4.60. The van der Waals surface area contributed by atoms with E-state index in [1.54, 1.807) is 4.90 Å². The Morgan fingerprint density at radius 2 is 1.81 bits per heavy atom. The number of carbonyl (C=O) groups is 1. The second kappa shape index (κ2) is 8.60. The van der Waals surface area contributed by atoms with Gasteiger partial charge in [0.1, 0.15) is 0 Å². The van der Waals surface area contributed by atoms with Crippen molar-refractivity contribution in [2.75, 3.05) is 13.1 Å². The SMILES string of the molecule is CC(C)CCN1CCC(NS(=O)(=O)c2ccc(C(F)(F)F)cc2)CCC1=O. The van der Waals surface area contributed by atoms with Crippen LogP contribution in [0.25, 0.3) is 0 Å². The van der Waals surface area contributed by atoms with Gasteiger partial charge in [0.2, 0.25) is 15.9 Å². The van der Waals surface area contributed by atoms with E-state index in [1.807, 2.05) is 0 Å². The largest absolute Gasteiger partial charge is 0.416 e. The van der Waals surface area contributed by atoms with Gasteiger partial charge in [-0.2, -0.15) is 13.2 Å². The minimum absolute atomic E-state index is 0.00637. The lowest BCUT2D eigenvalue weighted by Gasteiger charge is -2.22. The van der Waals surface area contributed by atoms with Crippen molar-refractivity contribution in [2.45, 2.75) is 56.6 Å². The van der Waals surface area contributed by atoms with Crippen LogP contribution in [0, 0.1) is 5.92 Å². The van der Waals surface area contributed by atoms with Gasteiger partial charge in [-0.3, -0.25) is 4.79 Å². The van der Waals surface area contributed by atoms with Crippen molar-refractivity contribution < 1.29 is 26.4 Å². The van der Waals surface area contributed by atoms with Crippen LogP contribution in [-0.4, -0.2) is 38.4 Å². The summed E-state index contributed by atoms with van der Waals surface area (Å²) in [6, 6.07) is 2.96. The molecule has 1 unspecified atom stereocenters. The van der Waals surface area contributed by atoms with Crippen LogP contribution in [0.4, 0.5) is 13.2 Å². The van der Waals surface area contributed by atoms with E-state index in [4.69, 9.17) is 0 Å². The molecule has 0 spiro atoms. The highest BCUT2D eigenvalue weighted by atomic mass is 32.2. The lowest BCUT2D eigenvalue weighted by Crippen LogP contribution is -2.36. The molecule has 1 aliphatic heterocycles. The Kier molecular flexibility index (Phi) is 6.91. The fourth-order valence-electron chi connectivity index (χ4n) is 2.92. The zero-order chi connectivity index (χ0) is 20.2. The monoisotopic (exact) mass is 406 g/mol. The zero-order valence-corrected chi connectivity index (χ0v) is 16.2. The summed E-state index contributed by atoms with van der Waals surface area (Å²) >= 11 is 0. The van der Waals surface area contributed by atoms with Crippen molar-refractivity contribution in [2.24, 2.45) is 5.92 Å². The predicted octanol–water partition coefficient (Wildman–Crippen LogP) is 3.41. The predicted molar refractivity (Wildman–Crippen MR) is 95.4 cm³/mol. The summed E-state index contributed by atoms with van der Waals surface area (Å²) in [5.41, 5.74) is -0.901. The summed E-state index contributed by atoms with van der Waals surface area (Å²) in [5.74, 6) is 0.474. The molecule has 1 aromatic carbocycles. The molecule has 0 bridgehead atoms. The van der Waals surface area contributed by atoms with E-state index < -0.39 is 27.8 Å². The number of sulfonamides is 1. The molecule has 1 fully saturated rings. The number of benzene rings is 1. The highest BCUT2D eigenvalue weighted by Gasteiger charge is 2.31. The number of amides is 1. The molecule has 1 N–H and O–H groups in total. The minimum Gasteiger partial charge on any atom is -0.343 e. The number of halogens is 3. The molecule has 0 aliphatic carbocycles. The van der Waals surface area contributed by atoms with Gasteiger partial charge in [-0.1, -0.05) is 13.8 Å². The smallest absolute Gasteiger partial charge is 0.343 e. The minimum atomic E-state index is -4.52. The van der Waals surface area contributed by atoms with Crippen LogP contribution in [0.15, 0.2) is 29.2 Å². The maximum atomic E-state index is 12.6. The van der Waals surface area contributed by atoms with Gasteiger partial charge in [0, 0.05) is 25.6 Å². The number of likely N-dealkylation sites (tertiary alicyclic amines) is 1. The van der Waals surface area contributed by atoms with Gasteiger partial charge < -0.3 is 4.90 Å². The van der Waals surface area contributed by atoms with Crippen molar-refractivity contribution in [3.63, 3.8) is 0 Å². The van der Waals surface area contributed by atoms with E-state index in [0.29, 0.717) is 31.8 Å². The van der Waals surface area contributed by atoms with E-state index in [0.717, 1.165) is 30.7 Å². The van der Waals surface area contributed by atoms with Crippen molar-refractivity contribution in [3.05, 3.63) is 29.8 Å². The lowest BCUT2D eigenvalue weighted by atomic mass is 10.1. The van der Waals surface area contributed by atoms with E-state index in [2.05, 4.69) is 18.6 Å². The number of nitrogens with zero attached hydrogens (tertiary/aromatic N) is 1. The van der Waals surface area contributed by atoms with Gasteiger partial charge in [0.05, 0.1) is 10.5 Å². The lowest BCUT2D eigenvalue weighted by molar-refractivity contribution is -0.137. The maximum Gasteiger partial charge on any atom is 0.416 e. The molecule has 9 heteroatoms. The fourth-order valence-corrected chi connectivity index (χ4v) is 4.22. The Labute approximate surface area is 158 Å². The summed E-state index contributed by atoms with van der Waals surface area (Å²) < 4.78 is 65.3. The molecule has 2 rings (SSSR count). The second-order valence-corrected chi connectivity index (χ2v) is 8.94. The van der Waals surface area contributed by atoms with Gasteiger partial charge >= 0.3 is 6.18 Å². The summed E-state index contributed by atoms with van der Waals surface area (Å²) in [7, 11) is -3.95. The van der Waals surface area contributed by atoms with Gasteiger partial charge in [-0.15, -0.1) is 0 Å². The Bertz CT molecular complexity index is 746. The molecule has 1 atom stereocenters. The number of hydrogen-bond donors (Lipinski definition) is 1. The molecule has 1 aromatic rings. The van der Waals surface area contributed by atoms with E-state index >= 15 is 0 Å². The molecule has 27 heavy (non-hydrogen) atoms. The number of nitrogens with one attached hydrogen (secondary N) is 1. The van der Waals surface area contributed by atoms with Crippen LogP contribution in [0.3, 0.4) is 0 Å². The van der Waals surface area contributed by atoms with Crippen LogP contribution < -0.4 is 4.72 Å². The van der Waals surface area contributed by atoms with Crippen LogP contribution >= 0.6 is 0 Å². The van der Waals surface area contributed by atoms with Gasteiger partial charge in [0.25, 0.3) is 0 Å². The molecule has 152 valence electrons. The van der Waals surface area contributed by atoms with Crippen LogP contribution in [0.2, 0.25) is 0 Å². The molecule has 1 aliphatic rings. The number of alkyl halides is 3. The zero-order valence-electron chi connectivity index (χ0n) is 15.4. The standard InChI is InChI=1S/C18H25F3N2O3S/c1-13(2)9-11-23-12-10-15(5-8-17(23)24)22-27(25,26)16-6-3-14(4-7-16)18(19,20)21/h3-4,6-7,13,15,22H,5,8-12H2,1-2H3. The summed E-state index contributed by atoms with van der Waals surface area (Å²) in [6.07, 6.45) is -2.54. The van der Waals surface area contributed by atoms with Crippen molar-refractivity contribution >= 4 is 15.9 Å². The molecule has 0 saturated carbocycles. The number of carbonyl (C=O) groups excluding carboxylic acids is 1. The highest BCUT2D eigenvalue weighted by molar-refractivity contribution is 7.89. The summed E-state index contributed by atoms with van der Waals surface area (Å²) in [4.78, 5) is 13.7. The third kappa shape index (κ3) is 6.21. The maximum absolute atomic E-state index is 12.6. The average Bonchev–Trinajstić information content (AvgIpc) is 2.74. The van der Waals surface area contributed by atoms with Crippen molar-refractivity contribution in [1.29, 1.82) is 0 Å². The van der Waals surface area contributed by atoms with Gasteiger partial charge in [-0.05, 0) is 49.4 Å². The topological polar surface area (TPSA) is 66.5 Å². The Hall–Kier alpha value is -1.61. The normalized spacial score (nSPS) is 19.4. The van der Waals surface area contributed by atoms with Crippen LogP contribution in [0.1, 0.15) is 45.1 Å². The Balaban J connectivity index is 2.02. The quantitative estimate of drug-likeness (QED) is 0.787. The molecule has 1 heterocycles. The molecule has 5 nitrogen and oxygen atoms in total. The van der Waals surface area contributed by atoms with Crippen LogP contribution in [-0.2, 0) is 21.0 Å². The first-order valence-corrected chi connectivity index (χ1v) is 10.4. The van der Waals surface area contributed by atoms with Gasteiger partial charge in [-0.25, -0.2) is 13.1 Å². The van der Waals surface area contributed by atoms with E-state index in [1.165, 1.54) is 0 Å². The number of hydrogen-bond acceptors (Lipinski definition) is 3. The first kappa shape index (κ1) is 21.7. The third-order valence-corrected chi connectivity index (χ3v) is 6.13. The molecular weight excluding hydrogens is 381 g/mol. The first-order chi connectivity index (χ1) is 12.5. The molecule has 1 amide bonds. The molecule has 1 saturated heterocycles. The second-order valence-electron chi connectivity index (χ2n) is 7.23. The van der Waals surface area contributed by atoms with Crippen LogP contribution in [0.5, 0.6) is 0 Å². The van der Waals surface area contributed by atoms with E-state index in [-0.39, 0.29) is 17.2 Å². The summed E-state index contributed by atoms with van der Waals surface area (Å²) in [5, 5.41) is 0. The Morgan fingerprint density at radius 3 is 2.37 bits per heavy atom. The van der Waals surface area contributed by atoms with Crippen molar-refractivity contribution in [1.82, 2.24) is 9.62 Å². The number of rotatable bonds is 6. The molecule has 0 radical (unpaired) electrons. The van der Waals surface area contributed by atoms with Gasteiger partial charge in [0.15, 0.2) is 0 Å². The van der Waals surface area contributed by atoms with E-state index in [9.17, 15) is 26.4 Å². The fraction of sp³-hybridized carbons (Fsp3) is 0.611.